The average molecular weight is 348 g/mol. The Bertz CT molecular complexity index is 786. The molecule has 1 N–H and O–H groups in total. The molecule has 1 saturated carbocycles. The van der Waals surface area contributed by atoms with Crippen molar-refractivity contribution in [2.45, 2.75) is 31.7 Å². The van der Waals surface area contributed by atoms with Gasteiger partial charge in [-0.2, -0.15) is 5.10 Å². The number of nitro groups is 1. The lowest BCUT2D eigenvalue weighted by molar-refractivity contribution is -0.385. The monoisotopic (exact) mass is 348 g/mol. The first-order valence-electron chi connectivity index (χ1n) is 7.94. The quantitative estimate of drug-likeness (QED) is 0.639. The molecule has 2 aromatic rings. The summed E-state index contributed by atoms with van der Waals surface area (Å²) in [5.41, 5.74) is -0.398. The fraction of sp³-hybridized carbons (Fsp3) is 0.375. The van der Waals surface area contributed by atoms with E-state index in [9.17, 15) is 19.3 Å². The summed E-state index contributed by atoms with van der Waals surface area (Å²) in [5, 5.41) is 17.8. The maximum Gasteiger partial charge on any atom is 0.311 e. The van der Waals surface area contributed by atoms with Crippen LogP contribution in [0.15, 0.2) is 30.5 Å². The molecule has 0 radical (unpaired) electrons. The molecule has 1 aliphatic rings. The lowest BCUT2D eigenvalue weighted by atomic mass is 10.2. The van der Waals surface area contributed by atoms with E-state index in [0.29, 0.717) is 5.82 Å². The minimum Gasteiger partial charge on any atom is -0.477 e. The highest BCUT2D eigenvalue weighted by molar-refractivity contribution is 5.91. The van der Waals surface area contributed by atoms with Crippen LogP contribution in [0.5, 0.6) is 5.75 Å². The first-order valence-corrected chi connectivity index (χ1v) is 7.94. The molecule has 1 aliphatic carbocycles. The van der Waals surface area contributed by atoms with Crippen molar-refractivity contribution in [3.8, 4) is 5.75 Å². The number of halogens is 1. The van der Waals surface area contributed by atoms with E-state index in [0.717, 1.165) is 43.9 Å². The number of anilines is 1. The van der Waals surface area contributed by atoms with E-state index in [4.69, 9.17) is 4.74 Å². The van der Waals surface area contributed by atoms with E-state index >= 15 is 0 Å². The van der Waals surface area contributed by atoms with Gasteiger partial charge >= 0.3 is 5.69 Å². The molecule has 0 aliphatic heterocycles. The van der Waals surface area contributed by atoms with Crippen LogP contribution in [0.25, 0.3) is 0 Å². The van der Waals surface area contributed by atoms with Crippen molar-refractivity contribution in [1.29, 1.82) is 0 Å². The Kier molecular flexibility index (Phi) is 4.92. The molecule has 1 heterocycles. The summed E-state index contributed by atoms with van der Waals surface area (Å²) in [6.07, 6.45) is 5.88. The third-order valence-corrected chi connectivity index (χ3v) is 4.09. The van der Waals surface area contributed by atoms with Gasteiger partial charge in [0.2, 0.25) is 5.75 Å². The Balaban J connectivity index is 1.64. The highest BCUT2D eigenvalue weighted by atomic mass is 19.1. The maximum absolute atomic E-state index is 13.3. The molecule has 132 valence electrons. The number of aromatic nitrogens is 2. The van der Waals surface area contributed by atoms with Crippen molar-refractivity contribution >= 4 is 17.4 Å². The number of nitrogens with zero attached hydrogens (tertiary/aromatic N) is 3. The van der Waals surface area contributed by atoms with Crippen LogP contribution in [-0.4, -0.2) is 27.2 Å². The second-order valence-corrected chi connectivity index (χ2v) is 5.81. The fourth-order valence-electron chi connectivity index (χ4n) is 2.93. The molecular weight excluding hydrogens is 331 g/mol. The van der Waals surface area contributed by atoms with E-state index in [1.54, 1.807) is 16.9 Å². The summed E-state index contributed by atoms with van der Waals surface area (Å²) < 4.78 is 20.2. The van der Waals surface area contributed by atoms with Gasteiger partial charge in [-0.1, -0.05) is 12.8 Å². The molecule has 1 amide bonds. The summed E-state index contributed by atoms with van der Waals surface area (Å²) >= 11 is 0. The van der Waals surface area contributed by atoms with Gasteiger partial charge in [0.05, 0.1) is 17.2 Å². The van der Waals surface area contributed by atoms with E-state index in [-0.39, 0.29) is 11.8 Å². The SMILES string of the molecule is O=C(COc1cc(F)ccc1[N+](=O)[O-])Nc1ccnn1C1CCCC1. The minimum atomic E-state index is -0.693. The highest BCUT2D eigenvalue weighted by Gasteiger charge is 2.21. The van der Waals surface area contributed by atoms with Gasteiger partial charge < -0.3 is 10.1 Å². The zero-order chi connectivity index (χ0) is 17.8. The average Bonchev–Trinajstić information content (AvgIpc) is 3.23. The van der Waals surface area contributed by atoms with Gasteiger partial charge in [-0.25, -0.2) is 9.07 Å². The zero-order valence-corrected chi connectivity index (χ0v) is 13.4. The predicted molar refractivity (Wildman–Crippen MR) is 86.9 cm³/mol. The van der Waals surface area contributed by atoms with Gasteiger partial charge in [-0.3, -0.25) is 14.9 Å². The number of nitrogens with one attached hydrogen (secondary N) is 1. The number of hydrogen-bond acceptors (Lipinski definition) is 5. The van der Waals surface area contributed by atoms with E-state index < -0.39 is 28.9 Å². The van der Waals surface area contributed by atoms with Crippen LogP contribution in [0.1, 0.15) is 31.7 Å². The lowest BCUT2D eigenvalue weighted by Gasteiger charge is -2.14. The second kappa shape index (κ2) is 7.29. The van der Waals surface area contributed by atoms with E-state index in [2.05, 4.69) is 10.4 Å². The van der Waals surface area contributed by atoms with Crippen molar-refractivity contribution < 1.29 is 18.8 Å². The smallest absolute Gasteiger partial charge is 0.311 e. The Morgan fingerprint density at radius 2 is 2.16 bits per heavy atom. The Labute approximate surface area is 142 Å². The molecule has 0 saturated heterocycles. The first kappa shape index (κ1) is 16.9. The van der Waals surface area contributed by atoms with Gasteiger partial charge in [-0.15, -0.1) is 0 Å². The number of ether oxygens (including phenoxy) is 1. The van der Waals surface area contributed by atoms with Crippen molar-refractivity contribution in [2.24, 2.45) is 0 Å². The highest BCUT2D eigenvalue weighted by Crippen LogP contribution is 2.31. The summed E-state index contributed by atoms with van der Waals surface area (Å²) in [5.74, 6) is -0.919. The summed E-state index contributed by atoms with van der Waals surface area (Å²) in [4.78, 5) is 22.3. The van der Waals surface area contributed by atoms with Crippen LogP contribution < -0.4 is 10.1 Å². The summed E-state index contributed by atoms with van der Waals surface area (Å²) in [6, 6.07) is 4.79. The zero-order valence-electron chi connectivity index (χ0n) is 13.4. The Morgan fingerprint density at radius 3 is 2.88 bits per heavy atom. The van der Waals surface area contributed by atoms with Crippen LogP contribution in [0, 0.1) is 15.9 Å². The normalized spacial score (nSPS) is 14.4. The number of nitro benzene ring substituents is 1. The lowest BCUT2D eigenvalue weighted by Crippen LogP contribution is -2.23. The summed E-state index contributed by atoms with van der Waals surface area (Å²) in [7, 11) is 0. The number of carbonyl (C=O) groups excluding carboxylic acids is 1. The third-order valence-electron chi connectivity index (χ3n) is 4.09. The van der Waals surface area contributed by atoms with Crippen LogP contribution in [0.4, 0.5) is 15.9 Å². The molecular formula is C16H17FN4O4. The van der Waals surface area contributed by atoms with Crippen LogP contribution in [0.2, 0.25) is 0 Å². The molecule has 1 aromatic carbocycles. The molecule has 1 aromatic heterocycles. The minimum absolute atomic E-state index is 0.260. The topological polar surface area (TPSA) is 99.3 Å². The van der Waals surface area contributed by atoms with E-state index in [1.807, 2.05) is 0 Å². The second-order valence-electron chi connectivity index (χ2n) is 5.81. The molecule has 0 unspecified atom stereocenters. The van der Waals surface area contributed by atoms with Crippen molar-refractivity contribution in [3.05, 3.63) is 46.4 Å². The molecule has 0 spiro atoms. The summed E-state index contributed by atoms with van der Waals surface area (Å²) in [6.45, 7) is -0.472. The van der Waals surface area contributed by atoms with Crippen molar-refractivity contribution in [1.82, 2.24) is 9.78 Å². The van der Waals surface area contributed by atoms with Crippen LogP contribution >= 0.6 is 0 Å². The van der Waals surface area contributed by atoms with Gasteiger partial charge in [0.15, 0.2) is 6.61 Å². The number of hydrogen-bond donors (Lipinski definition) is 1. The first-order chi connectivity index (χ1) is 12.0. The van der Waals surface area contributed by atoms with E-state index in [1.165, 1.54) is 0 Å². The van der Waals surface area contributed by atoms with Crippen molar-refractivity contribution in [3.63, 3.8) is 0 Å². The molecule has 0 bridgehead atoms. The predicted octanol–water partition coefficient (Wildman–Crippen LogP) is 3.06. The number of amides is 1. The molecule has 1 fully saturated rings. The maximum atomic E-state index is 13.3. The van der Waals surface area contributed by atoms with Gasteiger partial charge in [-0.05, 0) is 18.9 Å². The largest absolute Gasteiger partial charge is 0.477 e. The third kappa shape index (κ3) is 3.93. The van der Waals surface area contributed by atoms with Gasteiger partial charge in [0.1, 0.15) is 11.6 Å². The fourth-order valence-corrected chi connectivity index (χ4v) is 2.93. The Hall–Kier alpha value is -2.97. The number of rotatable bonds is 6. The Morgan fingerprint density at radius 1 is 1.40 bits per heavy atom. The van der Waals surface area contributed by atoms with Crippen LogP contribution in [0.3, 0.4) is 0 Å². The molecule has 0 atom stereocenters. The van der Waals surface area contributed by atoms with Crippen LogP contribution in [-0.2, 0) is 4.79 Å². The number of benzene rings is 1. The number of carbonyl (C=O) groups is 1. The molecule has 8 nitrogen and oxygen atoms in total. The molecule has 3 rings (SSSR count). The van der Waals surface area contributed by atoms with Gasteiger partial charge in [0.25, 0.3) is 5.91 Å². The molecule has 25 heavy (non-hydrogen) atoms. The van der Waals surface area contributed by atoms with Gasteiger partial charge in [0, 0.05) is 18.2 Å². The standard InChI is InChI=1S/C16H17FN4O4/c17-11-5-6-13(21(23)24)14(9-11)25-10-16(22)19-15-7-8-18-20(15)12-3-1-2-4-12/h5-9,12H,1-4,10H2,(H,19,22). The van der Waals surface area contributed by atoms with Crippen molar-refractivity contribution in [2.75, 3.05) is 11.9 Å². The molecule has 9 heteroatoms.